The molecule has 0 saturated carbocycles. The number of rotatable bonds is 2. The van der Waals surface area contributed by atoms with Gasteiger partial charge in [0.15, 0.2) is 5.60 Å². The highest BCUT2D eigenvalue weighted by Crippen LogP contribution is 2.50. The van der Waals surface area contributed by atoms with E-state index in [0.29, 0.717) is 23.3 Å². The summed E-state index contributed by atoms with van der Waals surface area (Å²) in [5.74, 6) is 0.101. The van der Waals surface area contributed by atoms with E-state index in [1.54, 1.807) is 24.3 Å². The van der Waals surface area contributed by atoms with Gasteiger partial charge < -0.3 is 14.9 Å². The molecule has 1 heterocycles. The predicted molar refractivity (Wildman–Crippen MR) is 98.1 cm³/mol. The summed E-state index contributed by atoms with van der Waals surface area (Å²) in [7, 11) is 0. The number of fused-ring (bicyclic) bond motifs is 1. The molecule has 0 spiro atoms. The van der Waals surface area contributed by atoms with Crippen molar-refractivity contribution in [3.63, 3.8) is 0 Å². The maximum atomic E-state index is 12.6. The minimum atomic E-state index is -1.04. The highest BCUT2D eigenvalue weighted by molar-refractivity contribution is 5.96. The monoisotopic (exact) mass is 348 g/mol. The first kappa shape index (κ1) is 16.5. The van der Waals surface area contributed by atoms with Crippen LogP contribution in [0.4, 0.5) is 0 Å². The van der Waals surface area contributed by atoms with Gasteiger partial charge in [-0.25, -0.2) is 4.79 Å². The number of aryl methyl sites for hydroxylation is 1. The van der Waals surface area contributed by atoms with Crippen molar-refractivity contribution in [1.82, 2.24) is 0 Å². The molecular weight excluding hydrogens is 328 g/mol. The zero-order valence-electron chi connectivity index (χ0n) is 14.7. The second-order valence-electron chi connectivity index (χ2n) is 7.01. The fourth-order valence-electron chi connectivity index (χ4n) is 3.84. The lowest BCUT2D eigenvalue weighted by atomic mass is 9.74. The van der Waals surface area contributed by atoms with Gasteiger partial charge in [-0.15, -0.1) is 0 Å². The van der Waals surface area contributed by atoms with Gasteiger partial charge in [0.2, 0.25) is 0 Å². The smallest absolute Gasteiger partial charge is 0.340 e. The topological polar surface area (TPSA) is 66.8 Å². The molecule has 0 bridgehead atoms. The van der Waals surface area contributed by atoms with Crippen LogP contribution in [-0.4, -0.2) is 16.2 Å². The number of phenols is 1. The Morgan fingerprint density at radius 2 is 1.88 bits per heavy atom. The van der Waals surface area contributed by atoms with E-state index in [9.17, 15) is 15.0 Å². The van der Waals surface area contributed by atoms with Crippen LogP contribution in [0, 0.1) is 12.8 Å². The summed E-state index contributed by atoms with van der Waals surface area (Å²) in [5.41, 5.74) is 2.71. The van der Waals surface area contributed by atoms with Crippen LogP contribution in [0.15, 0.2) is 65.9 Å². The summed E-state index contributed by atoms with van der Waals surface area (Å²) >= 11 is 0. The first-order valence-electron chi connectivity index (χ1n) is 8.66. The van der Waals surface area contributed by atoms with Gasteiger partial charge in [-0.1, -0.05) is 37.3 Å². The van der Waals surface area contributed by atoms with Crippen LogP contribution in [0.2, 0.25) is 0 Å². The van der Waals surface area contributed by atoms with Gasteiger partial charge >= 0.3 is 5.97 Å². The standard InChI is InChI=1S/C22H20O4/c1-13-11-15(7-9-19(13)23)22(16-8-10-20(24)14(2)12-16)18-6-4-3-5-17(18)21(25)26-22/h3-11,14,23-24H,12H2,1-2H3/t14-,22?/m0/s1. The normalized spacial score (nSPS) is 24.5. The molecule has 132 valence electrons. The Kier molecular flexibility index (Phi) is 3.65. The molecule has 1 unspecified atom stereocenters. The van der Waals surface area contributed by atoms with Crippen LogP contribution in [-0.2, 0) is 10.3 Å². The summed E-state index contributed by atoms with van der Waals surface area (Å²) in [6.45, 7) is 3.76. The Hall–Kier alpha value is -3.01. The van der Waals surface area contributed by atoms with Crippen LogP contribution >= 0.6 is 0 Å². The Balaban J connectivity index is 2.01. The zero-order valence-corrected chi connectivity index (χ0v) is 14.7. The van der Waals surface area contributed by atoms with Crippen molar-refractivity contribution in [3.05, 3.63) is 88.2 Å². The van der Waals surface area contributed by atoms with Gasteiger partial charge in [0.05, 0.1) is 11.3 Å². The van der Waals surface area contributed by atoms with Crippen molar-refractivity contribution < 1.29 is 19.7 Å². The van der Waals surface area contributed by atoms with Crippen molar-refractivity contribution in [2.75, 3.05) is 0 Å². The van der Waals surface area contributed by atoms with Gasteiger partial charge in [-0.2, -0.15) is 0 Å². The summed E-state index contributed by atoms with van der Waals surface area (Å²) in [6, 6.07) is 12.7. The molecule has 2 N–H and O–H groups in total. The number of allylic oxidation sites excluding steroid dienone is 3. The Bertz CT molecular complexity index is 970. The molecule has 4 rings (SSSR count). The van der Waals surface area contributed by atoms with Gasteiger partial charge in [0, 0.05) is 17.0 Å². The molecular formula is C22H20O4. The Labute approximate surface area is 152 Å². The third-order valence-electron chi connectivity index (χ3n) is 5.31. The third-order valence-corrected chi connectivity index (χ3v) is 5.31. The van der Waals surface area contributed by atoms with Crippen molar-refractivity contribution in [3.8, 4) is 5.75 Å². The Morgan fingerprint density at radius 1 is 1.12 bits per heavy atom. The number of cyclic esters (lactones) is 1. The fraction of sp³-hybridized carbons (Fsp3) is 0.227. The number of phenolic OH excluding ortho intramolecular Hbond substituents is 1. The molecule has 0 aromatic heterocycles. The lowest BCUT2D eigenvalue weighted by Crippen LogP contribution is -2.32. The molecule has 26 heavy (non-hydrogen) atoms. The van der Waals surface area contributed by atoms with E-state index in [1.807, 2.05) is 44.2 Å². The van der Waals surface area contributed by atoms with Crippen LogP contribution < -0.4 is 0 Å². The van der Waals surface area contributed by atoms with E-state index < -0.39 is 5.60 Å². The van der Waals surface area contributed by atoms with Crippen LogP contribution in [0.1, 0.15) is 40.4 Å². The molecule has 4 heteroatoms. The SMILES string of the molecule is Cc1cc(C2(C3=CC=C(O)[C@@H](C)C3)OC(=O)c3ccccc32)ccc1O. The van der Waals surface area contributed by atoms with Crippen molar-refractivity contribution in [2.45, 2.75) is 25.9 Å². The van der Waals surface area contributed by atoms with E-state index >= 15 is 0 Å². The molecule has 0 saturated heterocycles. The summed E-state index contributed by atoms with van der Waals surface area (Å²) in [6.07, 6.45) is 4.09. The molecule has 0 radical (unpaired) electrons. The molecule has 2 aromatic carbocycles. The number of aliphatic hydroxyl groups excluding tert-OH is 1. The third kappa shape index (κ3) is 2.25. The van der Waals surface area contributed by atoms with Crippen LogP contribution in [0.25, 0.3) is 0 Å². The number of aromatic hydroxyl groups is 1. The van der Waals surface area contributed by atoms with Gasteiger partial charge in [-0.3, -0.25) is 0 Å². The zero-order chi connectivity index (χ0) is 18.5. The fourth-order valence-corrected chi connectivity index (χ4v) is 3.84. The second-order valence-corrected chi connectivity index (χ2v) is 7.01. The highest BCUT2D eigenvalue weighted by Gasteiger charge is 2.50. The maximum Gasteiger partial charge on any atom is 0.340 e. The van der Waals surface area contributed by atoms with Crippen molar-refractivity contribution in [1.29, 1.82) is 0 Å². The van der Waals surface area contributed by atoms with Gasteiger partial charge in [-0.05, 0) is 48.8 Å². The molecule has 1 aliphatic heterocycles. The lowest BCUT2D eigenvalue weighted by molar-refractivity contribution is 0.0221. The maximum absolute atomic E-state index is 12.6. The molecule has 2 atom stereocenters. The average Bonchev–Trinajstić information content (AvgIpc) is 2.94. The number of hydrogen-bond acceptors (Lipinski definition) is 4. The quantitative estimate of drug-likeness (QED) is 0.783. The first-order valence-corrected chi connectivity index (χ1v) is 8.66. The molecule has 1 aliphatic carbocycles. The molecule has 2 aromatic rings. The van der Waals surface area contributed by atoms with E-state index in [1.165, 1.54) is 0 Å². The first-order chi connectivity index (χ1) is 12.4. The predicted octanol–water partition coefficient (Wildman–Crippen LogP) is 4.52. The number of hydrogen-bond donors (Lipinski definition) is 2. The number of carbonyl (C=O) groups is 1. The molecule has 4 nitrogen and oxygen atoms in total. The van der Waals surface area contributed by atoms with E-state index in [-0.39, 0.29) is 17.6 Å². The minimum absolute atomic E-state index is 0.0587. The Morgan fingerprint density at radius 3 is 2.62 bits per heavy atom. The molecule has 0 amide bonds. The highest BCUT2D eigenvalue weighted by atomic mass is 16.6. The molecule has 0 fully saturated rings. The summed E-state index contributed by atoms with van der Waals surface area (Å²) < 4.78 is 6.02. The number of esters is 1. The largest absolute Gasteiger partial charge is 0.512 e. The van der Waals surface area contributed by atoms with Crippen LogP contribution in [0.3, 0.4) is 0 Å². The number of benzene rings is 2. The number of carbonyl (C=O) groups excluding carboxylic acids is 1. The van der Waals surface area contributed by atoms with Gasteiger partial charge in [0.25, 0.3) is 0 Å². The van der Waals surface area contributed by atoms with E-state index in [2.05, 4.69) is 0 Å². The summed E-state index contributed by atoms with van der Waals surface area (Å²) in [5, 5.41) is 19.9. The van der Waals surface area contributed by atoms with Crippen molar-refractivity contribution >= 4 is 5.97 Å². The lowest BCUT2D eigenvalue weighted by Gasteiger charge is -2.35. The molecule has 2 aliphatic rings. The van der Waals surface area contributed by atoms with Crippen molar-refractivity contribution in [2.24, 2.45) is 5.92 Å². The number of ether oxygens (including phenoxy) is 1. The number of aliphatic hydroxyl groups is 1. The second kappa shape index (κ2) is 5.77. The van der Waals surface area contributed by atoms with E-state index in [0.717, 1.165) is 16.7 Å². The van der Waals surface area contributed by atoms with E-state index in [4.69, 9.17) is 4.74 Å². The van der Waals surface area contributed by atoms with Crippen LogP contribution in [0.5, 0.6) is 5.75 Å². The average molecular weight is 348 g/mol. The minimum Gasteiger partial charge on any atom is -0.512 e. The van der Waals surface area contributed by atoms with Gasteiger partial charge in [0.1, 0.15) is 5.75 Å². The summed E-state index contributed by atoms with van der Waals surface area (Å²) in [4.78, 5) is 12.6.